The van der Waals surface area contributed by atoms with Crippen LogP contribution in [0.3, 0.4) is 0 Å². The fourth-order valence-corrected chi connectivity index (χ4v) is 2.05. The Balaban J connectivity index is 1.84. The van der Waals surface area contributed by atoms with Crippen molar-refractivity contribution in [3.05, 3.63) is 46.4 Å². The Morgan fingerprint density at radius 3 is 2.63 bits per heavy atom. The van der Waals surface area contributed by atoms with Crippen molar-refractivity contribution in [2.45, 2.75) is 6.54 Å². The van der Waals surface area contributed by atoms with Crippen molar-refractivity contribution in [3.63, 3.8) is 0 Å². The summed E-state index contributed by atoms with van der Waals surface area (Å²) < 4.78 is 0. The maximum Gasteiger partial charge on any atom is 0.355 e. The normalized spacial score (nSPS) is 9.89. The highest BCUT2D eigenvalue weighted by Gasteiger charge is 2.09. The first-order valence-corrected chi connectivity index (χ1v) is 6.31. The third kappa shape index (κ3) is 3.78. The van der Waals surface area contributed by atoms with Crippen molar-refractivity contribution < 1.29 is 14.7 Å². The minimum atomic E-state index is -1.07. The predicted molar refractivity (Wildman–Crippen MR) is 71.4 cm³/mol. The van der Waals surface area contributed by atoms with E-state index in [4.69, 9.17) is 5.11 Å². The number of carbonyl (C=O) groups excluding carboxylic acids is 1. The molecule has 0 spiro atoms. The summed E-state index contributed by atoms with van der Waals surface area (Å²) in [7, 11) is 0. The van der Waals surface area contributed by atoms with Gasteiger partial charge in [-0.25, -0.2) is 14.6 Å². The van der Waals surface area contributed by atoms with Crippen LogP contribution >= 0.6 is 11.3 Å². The first-order chi connectivity index (χ1) is 9.15. The van der Waals surface area contributed by atoms with E-state index in [0.717, 1.165) is 0 Å². The van der Waals surface area contributed by atoms with Crippen LogP contribution in [-0.2, 0) is 6.54 Å². The number of hydrogen-bond acceptors (Lipinski definition) is 4. The Morgan fingerprint density at radius 1 is 1.26 bits per heavy atom. The number of urea groups is 1. The van der Waals surface area contributed by atoms with Gasteiger partial charge in [0.05, 0.1) is 6.54 Å². The molecule has 1 aromatic carbocycles. The van der Waals surface area contributed by atoms with E-state index in [9.17, 15) is 9.59 Å². The van der Waals surface area contributed by atoms with Gasteiger partial charge in [-0.15, -0.1) is 11.3 Å². The lowest BCUT2D eigenvalue weighted by atomic mass is 10.3. The molecule has 2 aromatic rings. The number of hydrogen-bond donors (Lipinski definition) is 3. The van der Waals surface area contributed by atoms with E-state index in [-0.39, 0.29) is 18.3 Å². The Kier molecular flexibility index (Phi) is 4.09. The molecule has 0 aliphatic heterocycles. The van der Waals surface area contributed by atoms with Gasteiger partial charge < -0.3 is 15.7 Å². The monoisotopic (exact) mass is 277 g/mol. The Bertz CT molecular complexity index is 583. The van der Waals surface area contributed by atoms with Crippen LogP contribution in [0.15, 0.2) is 35.7 Å². The van der Waals surface area contributed by atoms with Crippen molar-refractivity contribution >= 4 is 29.0 Å². The van der Waals surface area contributed by atoms with Gasteiger partial charge in [0.15, 0.2) is 5.69 Å². The lowest BCUT2D eigenvalue weighted by Crippen LogP contribution is -2.28. The first kappa shape index (κ1) is 13.0. The molecule has 98 valence electrons. The summed E-state index contributed by atoms with van der Waals surface area (Å²) in [6, 6.07) is 8.66. The summed E-state index contributed by atoms with van der Waals surface area (Å²) in [4.78, 5) is 26.1. The second kappa shape index (κ2) is 5.96. The average Bonchev–Trinajstić information content (AvgIpc) is 2.86. The second-order valence-corrected chi connectivity index (χ2v) is 4.55. The van der Waals surface area contributed by atoms with Crippen LogP contribution in [0.5, 0.6) is 0 Å². The van der Waals surface area contributed by atoms with Gasteiger partial charge in [0, 0.05) is 11.1 Å². The summed E-state index contributed by atoms with van der Waals surface area (Å²) in [5.41, 5.74) is 0.677. The number of anilines is 1. The van der Waals surface area contributed by atoms with Crippen LogP contribution in [0.2, 0.25) is 0 Å². The van der Waals surface area contributed by atoms with Gasteiger partial charge >= 0.3 is 12.0 Å². The summed E-state index contributed by atoms with van der Waals surface area (Å²) in [5.74, 6) is -1.07. The van der Waals surface area contributed by atoms with Gasteiger partial charge in [-0.1, -0.05) is 18.2 Å². The summed E-state index contributed by atoms with van der Waals surface area (Å²) in [6.07, 6.45) is 0. The number of carboxylic acids is 1. The van der Waals surface area contributed by atoms with E-state index in [0.29, 0.717) is 10.7 Å². The van der Waals surface area contributed by atoms with Gasteiger partial charge in [0.2, 0.25) is 0 Å². The van der Waals surface area contributed by atoms with Gasteiger partial charge in [0.1, 0.15) is 5.01 Å². The topological polar surface area (TPSA) is 91.3 Å². The summed E-state index contributed by atoms with van der Waals surface area (Å²) >= 11 is 1.19. The number of aromatic carboxylic acids is 1. The molecule has 0 radical (unpaired) electrons. The molecule has 6 nitrogen and oxygen atoms in total. The molecule has 0 aliphatic rings. The van der Waals surface area contributed by atoms with Crippen molar-refractivity contribution in [3.8, 4) is 0 Å². The van der Waals surface area contributed by atoms with Crippen LogP contribution in [0, 0.1) is 0 Å². The minimum absolute atomic E-state index is 0.00901. The number of aromatic nitrogens is 1. The molecule has 2 rings (SSSR count). The van der Waals surface area contributed by atoms with Crippen molar-refractivity contribution in [2.24, 2.45) is 0 Å². The number of carbonyl (C=O) groups is 2. The molecular formula is C12H11N3O3S. The maximum atomic E-state index is 11.6. The van der Waals surface area contributed by atoms with Crippen LogP contribution in [0.4, 0.5) is 10.5 Å². The average molecular weight is 277 g/mol. The third-order valence-corrected chi connectivity index (χ3v) is 3.05. The van der Waals surface area contributed by atoms with Crippen molar-refractivity contribution in [1.82, 2.24) is 10.3 Å². The number of nitrogens with one attached hydrogen (secondary N) is 2. The fraction of sp³-hybridized carbons (Fsp3) is 0.0833. The van der Waals surface area contributed by atoms with E-state index < -0.39 is 5.97 Å². The van der Waals surface area contributed by atoms with E-state index in [1.807, 2.05) is 18.2 Å². The zero-order valence-corrected chi connectivity index (χ0v) is 10.6. The van der Waals surface area contributed by atoms with Crippen LogP contribution in [-0.4, -0.2) is 22.1 Å². The van der Waals surface area contributed by atoms with Crippen LogP contribution < -0.4 is 10.6 Å². The standard InChI is InChI=1S/C12H11N3O3S/c16-11(17)9-7-19-10(15-9)6-13-12(18)14-8-4-2-1-3-5-8/h1-5,7H,6H2,(H,16,17)(H2,13,14,18). The van der Waals surface area contributed by atoms with E-state index in [2.05, 4.69) is 15.6 Å². The van der Waals surface area contributed by atoms with Crippen molar-refractivity contribution in [2.75, 3.05) is 5.32 Å². The maximum absolute atomic E-state index is 11.6. The Labute approximate surface area is 113 Å². The van der Waals surface area contributed by atoms with Gasteiger partial charge in [-0.3, -0.25) is 0 Å². The molecule has 19 heavy (non-hydrogen) atoms. The zero-order chi connectivity index (χ0) is 13.7. The highest BCUT2D eigenvalue weighted by Crippen LogP contribution is 2.09. The molecule has 0 saturated carbocycles. The molecule has 0 saturated heterocycles. The largest absolute Gasteiger partial charge is 0.476 e. The number of carboxylic acid groups (broad SMARTS) is 1. The van der Waals surface area contributed by atoms with Crippen molar-refractivity contribution in [1.29, 1.82) is 0 Å². The molecule has 0 atom stereocenters. The van der Waals surface area contributed by atoms with Gasteiger partial charge in [-0.2, -0.15) is 0 Å². The molecule has 0 unspecified atom stereocenters. The van der Waals surface area contributed by atoms with E-state index >= 15 is 0 Å². The van der Waals surface area contributed by atoms with E-state index in [1.54, 1.807) is 12.1 Å². The molecule has 0 bridgehead atoms. The number of benzene rings is 1. The smallest absolute Gasteiger partial charge is 0.355 e. The second-order valence-electron chi connectivity index (χ2n) is 3.61. The van der Waals surface area contributed by atoms with Crippen LogP contribution in [0.25, 0.3) is 0 Å². The molecule has 0 aliphatic carbocycles. The zero-order valence-electron chi connectivity index (χ0n) is 9.79. The number of nitrogens with zero attached hydrogens (tertiary/aromatic N) is 1. The molecule has 1 heterocycles. The molecular weight excluding hydrogens is 266 g/mol. The molecule has 3 N–H and O–H groups in total. The predicted octanol–water partition coefficient (Wildman–Crippen LogP) is 2.16. The highest BCUT2D eigenvalue weighted by molar-refractivity contribution is 7.09. The summed E-state index contributed by atoms with van der Waals surface area (Å²) in [6.45, 7) is 0.191. The van der Waals surface area contributed by atoms with E-state index in [1.165, 1.54) is 16.7 Å². The number of amides is 2. The summed E-state index contributed by atoms with van der Waals surface area (Å²) in [5, 5.41) is 16.0. The number of thiazole rings is 1. The Morgan fingerprint density at radius 2 is 2.00 bits per heavy atom. The fourth-order valence-electron chi connectivity index (χ4n) is 1.34. The minimum Gasteiger partial charge on any atom is -0.476 e. The number of para-hydroxylation sites is 1. The molecule has 2 amide bonds. The third-order valence-electron chi connectivity index (χ3n) is 2.20. The first-order valence-electron chi connectivity index (χ1n) is 5.43. The SMILES string of the molecule is O=C(NCc1nc(C(=O)O)cs1)Nc1ccccc1. The van der Waals surface area contributed by atoms with Crippen LogP contribution in [0.1, 0.15) is 15.5 Å². The Hall–Kier alpha value is -2.41. The lowest BCUT2D eigenvalue weighted by Gasteiger charge is -2.05. The molecule has 7 heteroatoms. The van der Waals surface area contributed by atoms with Gasteiger partial charge in [0.25, 0.3) is 0 Å². The molecule has 1 aromatic heterocycles. The number of rotatable bonds is 4. The lowest BCUT2D eigenvalue weighted by molar-refractivity contribution is 0.0691. The quantitative estimate of drug-likeness (QED) is 0.798. The molecule has 0 fully saturated rings. The van der Waals surface area contributed by atoms with Gasteiger partial charge in [-0.05, 0) is 12.1 Å². The highest BCUT2D eigenvalue weighted by atomic mass is 32.1.